The van der Waals surface area contributed by atoms with Crippen LogP contribution in [0.15, 0.2) is 48.5 Å². The number of aliphatic hydroxyl groups is 2. The molecule has 2 aromatic rings. The van der Waals surface area contributed by atoms with E-state index in [9.17, 15) is 15.0 Å². The summed E-state index contributed by atoms with van der Waals surface area (Å²) in [6, 6.07) is 14.4. The topological polar surface area (TPSA) is 85.2 Å². The molecule has 2 aromatic carbocycles. The molecule has 0 amide bonds. The molecule has 0 aliphatic rings. The van der Waals surface area contributed by atoms with Crippen LogP contribution in [0, 0.1) is 0 Å². The molecule has 0 bridgehead atoms. The van der Waals surface area contributed by atoms with Crippen molar-refractivity contribution in [2.45, 2.75) is 25.7 Å². The summed E-state index contributed by atoms with van der Waals surface area (Å²) in [5.41, 5.74) is 1.34. The lowest BCUT2D eigenvalue weighted by atomic mass is 10.0. The van der Waals surface area contributed by atoms with Crippen molar-refractivity contribution in [1.82, 2.24) is 0 Å². The van der Waals surface area contributed by atoms with E-state index in [4.69, 9.17) is 9.47 Å². The predicted octanol–water partition coefficient (Wildman–Crippen LogP) is 2.23. The molecule has 0 radical (unpaired) electrons. The standard InChI is InChI=1S/C19H22O6/c1-3-24-16-11-14(17(20)18(21)19(22)23-2)9-10-15(16)25-12-13-7-5-4-6-8-13/h4-11,17-18,20-21H,3,12H2,1-2H3. The van der Waals surface area contributed by atoms with Crippen LogP contribution in [0.3, 0.4) is 0 Å². The van der Waals surface area contributed by atoms with Crippen LogP contribution in [0.5, 0.6) is 11.5 Å². The van der Waals surface area contributed by atoms with Crippen molar-refractivity contribution < 1.29 is 29.2 Å². The number of esters is 1. The van der Waals surface area contributed by atoms with Gasteiger partial charge in [0, 0.05) is 0 Å². The van der Waals surface area contributed by atoms with Gasteiger partial charge in [0.05, 0.1) is 13.7 Å². The van der Waals surface area contributed by atoms with E-state index in [0.717, 1.165) is 12.7 Å². The molecule has 0 aliphatic carbocycles. The van der Waals surface area contributed by atoms with E-state index in [0.29, 0.717) is 30.3 Å². The average molecular weight is 346 g/mol. The van der Waals surface area contributed by atoms with Gasteiger partial charge in [-0.05, 0) is 30.2 Å². The van der Waals surface area contributed by atoms with Gasteiger partial charge in [0.1, 0.15) is 12.7 Å². The van der Waals surface area contributed by atoms with E-state index < -0.39 is 18.2 Å². The zero-order chi connectivity index (χ0) is 18.2. The van der Waals surface area contributed by atoms with Crippen molar-refractivity contribution in [3.63, 3.8) is 0 Å². The molecule has 0 saturated heterocycles. The summed E-state index contributed by atoms with van der Waals surface area (Å²) in [5, 5.41) is 19.9. The van der Waals surface area contributed by atoms with E-state index >= 15 is 0 Å². The lowest BCUT2D eigenvalue weighted by Crippen LogP contribution is -2.29. The molecule has 0 spiro atoms. The summed E-state index contributed by atoms with van der Waals surface area (Å²) in [7, 11) is 1.14. The van der Waals surface area contributed by atoms with Gasteiger partial charge < -0.3 is 24.4 Å². The average Bonchev–Trinajstić information content (AvgIpc) is 2.66. The van der Waals surface area contributed by atoms with Gasteiger partial charge in [-0.25, -0.2) is 4.79 Å². The van der Waals surface area contributed by atoms with Gasteiger partial charge in [-0.2, -0.15) is 0 Å². The minimum atomic E-state index is -1.67. The number of hydrogen-bond acceptors (Lipinski definition) is 6. The number of ether oxygens (including phenoxy) is 3. The fraction of sp³-hybridized carbons (Fsp3) is 0.316. The molecular weight excluding hydrogens is 324 g/mol. The summed E-state index contributed by atoms with van der Waals surface area (Å²) in [6.45, 7) is 2.60. The number of methoxy groups -OCH3 is 1. The largest absolute Gasteiger partial charge is 0.490 e. The molecular formula is C19H22O6. The smallest absolute Gasteiger partial charge is 0.337 e. The lowest BCUT2D eigenvalue weighted by Gasteiger charge is -2.18. The van der Waals surface area contributed by atoms with Crippen LogP contribution in [0.25, 0.3) is 0 Å². The Morgan fingerprint density at radius 3 is 2.40 bits per heavy atom. The molecule has 6 heteroatoms. The van der Waals surface area contributed by atoms with Gasteiger partial charge >= 0.3 is 5.97 Å². The molecule has 25 heavy (non-hydrogen) atoms. The number of carbonyl (C=O) groups excluding carboxylic acids is 1. The van der Waals surface area contributed by atoms with Crippen LogP contribution >= 0.6 is 0 Å². The SMILES string of the molecule is CCOc1cc(C(O)C(O)C(=O)OC)ccc1OCc1ccccc1. The zero-order valence-corrected chi connectivity index (χ0v) is 14.2. The Bertz CT molecular complexity index is 686. The van der Waals surface area contributed by atoms with Crippen molar-refractivity contribution in [1.29, 1.82) is 0 Å². The molecule has 2 N–H and O–H groups in total. The van der Waals surface area contributed by atoms with Gasteiger partial charge in [0.2, 0.25) is 0 Å². The quantitative estimate of drug-likeness (QED) is 0.713. The maximum Gasteiger partial charge on any atom is 0.337 e. The Morgan fingerprint density at radius 2 is 1.76 bits per heavy atom. The van der Waals surface area contributed by atoms with E-state index in [1.54, 1.807) is 18.2 Å². The Morgan fingerprint density at radius 1 is 1.04 bits per heavy atom. The molecule has 0 aliphatic heterocycles. The number of carbonyl (C=O) groups is 1. The van der Waals surface area contributed by atoms with Crippen molar-refractivity contribution in [2.75, 3.05) is 13.7 Å². The van der Waals surface area contributed by atoms with Crippen molar-refractivity contribution in [2.24, 2.45) is 0 Å². The second kappa shape index (κ2) is 9.05. The van der Waals surface area contributed by atoms with Crippen LogP contribution in [-0.2, 0) is 16.1 Å². The highest BCUT2D eigenvalue weighted by molar-refractivity contribution is 5.75. The maximum absolute atomic E-state index is 11.4. The minimum absolute atomic E-state index is 0.327. The first-order chi connectivity index (χ1) is 12.1. The first-order valence-electron chi connectivity index (χ1n) is 7.94. The highest BCUT2D eigenvalue weighted by Gasteiger charge is 2.27. The van der Waals surface area contributed by atoms with Crippen molar-refractivity contribution >= 4 is 5.97 Å². The Labute approximate surface area is 146 Å². The monoisotopic (exact) mass is 346 g/mol. The molecule has 6 nitrogen and oxygen atoms in total. The molecule has 2 rings (SSSR count). The second-order valence-corrected chi connectivity index (χ2v) is 5.33. The van der Waals surface area contributed by atoms with Crippen LogP contribution in [0.1, 0.15) is 24.2 Å². The van der Waals surface area contributed by atoms with E-state index in [2.05, 4.69) is 4.74 Å². The summed E-state index contributed by atoms with van der Waals surface area (Å²) < 4.78 is 15.8. The number of rotatable bonds is 8. The second-order valence-electron chi connectivity index (χ2n) is 5.33. The summed E-state index contributed by atoms with van der Waals surface area (Å²) in [6.07, 6.45) is -3.09. The highest BCUT2D eigenvalue weighted by atomic mass is 16.5. The molecule has 2 unspecified atom stereocenters. The van der Waals surface area contributed by atoms with Gasteiger partial charge in [0.25, 0.3) is 0 Å². The van der Waals surface area contributed by atoms with Gasteiger partial charge in [-0.15, -0.1) is 0 Å². The molecule has 134 valence electrons. The third-order valence-electron chi connectivity index (χ3n) is 3.59. The van der Waals surface area contributed by atoms with Crippen molar-refractivity contribution in [3.05, 3.63) is 59.7 Å². The predicted molar refractivity (Wildman–Crippen MR) is 91.4 cm³/mol. The van der Waals surface area contributed by atoms with Crippen LogP contribution in [0.4, 0.5) is 0 Å². The summed E-state index contributed by atoms with van der Waals surface area (Å²) in [4.78, 5) is 11.4. The van der Waals surface area contributed by atoms with Gasteiger partial charge in [-0.3, -0.25) is 0 Å². The fourth-order valence-electron chi connectivity index (χ4n) is 2.26. The zero-order valence-electron chi connectivity index (χ0n) is 14.2. The van der Waals surface area contributed by atoms with E-state index in [1.165, 1.54) is 0 Å². The first-order valence-corrected chi connectivity index (χ1v) is 7.94. The highest BCUT2D eigenvalue weighted by Crippen LogP contribution is 2.32. The third kappa shape index (κ3) is 4.95. The number of benzene rings is 2. The van der Waals surface area contributed by atoms with Gasteiger partial charge in [0.15, 0.2) is 17.6 Å². The summed E-state index contributed by atoms with van der Waals surface area (Å²) >= 11 is 0. The molecule has 0 saturated carbocycles. The molecule has 0 fully saturated rings. The number of aliphatic hydroxyl groups excluding tert-OH is 2. The molecule has 0 aromatic heterocycles. The van der Waals surface area contributed by atoms with Gasteiger partial charge in [-0.1, -0.05) is 36.4 Å². The van der Waals surface area contributed by atoms with E-state index in [1.807, 2.05) is 37.3 Å². The fourth-order valence-corrected chi connectivity index (χ4v) is 2.26. The normalized spacial score (nSPS) is 13.0. The maximum atomic E-state index is 11.4. The van der Waals surface area contributed by atoms with Crippen LogP contribution < -0.4 is 9.47 Å². The Balaban J connectivity index is 2.17. The summed E-state index contributed by atoms with van der Waals surface area (Å²) in [5.74, 6) is 0.0242. The van der Waals surface area contributed by atoms with Crippen LogP contribution in [0.2, 0.25) is 0 Å². The van der Waals surface area contributed by atoms with Crippen molar-refractivity contribution in [3.8, 4) is 11.5 Å². The van der Waals surface area contributed by atoms with Crippen LogP contribution in [-0.4, -0.2) is 36.0 Å². The van der Waals surface area contributed by atoms with E-state index in [-0.39, 0.29) is 0 Å². The molecule has 0 heterocycles. The molecule has 2 atom stereocenters. The third-order valence-corrected chi connectivity index (χ3v) is 3.59. The lowest BCUT2D eigenvalue weighted by molar-refractivity contribution is -0.156. The Hall–Kier alpha value is -2.57. The minimum Gasteiger partial charge on any atom is -0.490 e. The Kier molecular flexibility index (Phi) is 6.80. The number of hydrogen-bond donors (Lipinski definition) is 2. The first kappa shape index (κ1) is 18.8.